The number of hydrogen-bond acceptors (Lipinski definition) is 1. The maximum Gasteiger partial charge on any atom is 0.188 e. The fourth-order valence-corrected chi connectivity index (χ4v) is 1.78. The Morgan fingerprint density at radius 1 is 1.43 bits per heavy atom. The average molecular weight is 195 g/mol. The summed E-state index contributed by atoms with van der Waals surface area (Å²) in [5.41, 5.74) is 5.75. The summed E-state index contributed by atoms with van der Waals surface area (Å²) in [5, 5.41) is 3.27. The third-order valence-electron chi connectivity index (χ3n) is 2.57. The number of nitrogens with zero attached hydrogens (tertiary/aromatic N) is 1. The lowest BCUT2D eigenvalue weighted by Gasteiger charge is -2.23. The fourth-order valence-electron chi connectivity index (χ4n) is 1.78. The van der Waals surface area contributed by atoms with Crippen molar-refractivity contribution in [1.29, 1.82) is 0 Å². The molecule has 0 aromatic carbocycles. The Morgan fingerprint density at radius 3 is 2.79 bits per heavy atom. The van der Waals surface area contributed by atoms with Gasteiger partial charge >= 0.3 is 0 Å². The van der Waals surface area contributed by atoms with Gasteiger partial charge in [-0.15, -0.1) is 6.58 Å². The average Bonchev–Trinajstić information content (AvgIpc) is 2.20. The minimum atomic E-state index is 0.552. The molecule has 1 fully saturated rings. The van der Waals surface area contributed by atoms with Crippen LogP contribution in [-0.4, -0.2) is 18.5 Å². The first-order valence-corrected chi connectivity index (χ1v) is 5.50. The number of nitrogens with one attached hydrogen (secondary N) is 1. The summed E-state index contributed by atoms with van der Waals surface area (Å²) in [6, 6.07) is 0.552. The normalized spacial score (nSPS) is 19.3. The van der Waals surface area contributed by atoms with E-state index in [4.69, 9.17) is 5.73 Å². The van der Waals surface area contributed by atoms with E-state index in [-0.39, 0.29) is 0 Å². The summed E-state index contributed by atoms with van der Waals surface area (Å²) in [4.78, 5) is 4.22. The van der Waals surface area contributed by atoms with Crippen molar-refractivity contribution >= 4 is 5.96 Å². The summed E-state index contributed by atoms with van der Waals surface area (Å²) in [6.07, 6.45) is 9.22. The molecule has 80 valence electrons. The molecule has 1 saturated carbocycles. The molecular formula is C11H21N3. The van der Waals surface area contributed by atoms with Gasteiger partial charge in [0.2, 0.25) is 0 Å². The minimum Gasteiger partial charge on any atom is -0.370 e. The summed E-state index contributed by atoms with van der Waals surface area (Å²) in [6.45, 7) is 4.39. The van der Waals surface area contributed by atoms with E-state index < -0.39 is 0 Å². The van der Waals surface area contributed by atoms with Crippen LogP contribution in [0.25, 0.3) is 0 Å². The Morgan fingerprint density at radius 2 is 2.14 bits per heavy atom. The summed E-state index contributed by atoms with van der Waals surface area (Å²) in [7, 11) is 0. The van der Waals surface area contributed by atoms with Crippen LogP contribution in [0.4, 0.5) is 0 Å². The molecule has 0 unspecified atom stereocenters. The third kappa shape index (κ3) is 4.30. The van der Waals surface area contributed by atoms with E-state index in [1.165, 1.54) is 32.1 Å². The number of rotatable bonds is 4. The topological polar surface area (TPSA) is 50.4 Å². The first kappa shape index (κ1) is 11.1. The second-order valence-corrected chi connectivity index (χ2v) is 3.82. The minimum absolute atomic E-state index is 0.552. The molecule has 0 heterocycles. The molecule has 1 rings (SSSR count). The van der Waals surface area contributed by atoms with E-state index in [1.807, 2.05) is 6.08 Å². The van der Waals surface area contributed by atoms with Gasteiger partial charge in [0.05, 0.1) is 0 Å². The van der Waals surface area contributed by atoms with Gasteiger partial charge in [-0.25, -0.2) is 0 Å². The van der Waals surface area contributed by atoms with Crippen LogP contribution in [0.5, 0.6) is 0 Å². The Balaban J connectivity index is 2.20. The van der Waals surface area contributed by atoms with Crippen molar-refractivity contribution in [1.82, 2.24) is 5.32 Å². The molecule has 1 aliphatic carbocycles. The molecule has 0 spiro atoms. The maximum atomic E-state index is 5.75. The molecule has 0 aliphatic heterocycles. The van der Waals surface area contributed by atoms with Gasteiger partial charge in [0.25, 0.3) is 0 Å². The third-order valence-corrected chi connectivity index (χ3v) is 2.57. The zero-order valence-corrected chi connectivity index (χ0v) is 8.84. The van der Waals surface area contributed by atoms with Crippen LogP contribution >= 0.6 is 0 Å². The lowest BCUT2D eigenvalue weighted by atomic mass is 9.96. The van der Waals surface area contributed by atoms with Gasteiger partial charge in [-0.1, -0.05) is 25.3 Å². The Hall–Kier alpha value is -0.990. The molecule has 0 aromatic heterocycles. The van der Waals surface area contributed by atoms with E-state index in [0.717, 1.165) is 13.0 Å². The van der Waals surface area contributed by atoms with Crippen molar-refractivity contribution in [3.63, 3.8) is 0 Å². The zero-order valence-electron chi connectivity index (χ0n) is 8.84. The van der Waals surface area contributed by atoms with Crippen LogP contribution < -0.4 is 11.1 Å². The molecule has 14 heavy (non-hydrogen) atoms. The van der Waals surface area contributed by atoms with Crippen LogP contribution in [0.15, 0.2) is 17.6 Å². The van der Waals surface area contributed by atoms with Crippen LogP contribution in [0.3, 0.4) is 0 Å². The smallest absolute Gasteiger partial charge is 0.188 e. The number of nitrogens with two attached hydrogens (primary N) is 1. The molecule has 0 aromatic rings. The standard InChI is InChI=1S/C11H21N3/c1-2-3-9-13-11(12)14-10-7-5-4-6-8-10/h2,10H,1,3-9H2,(H3,12,13,14). The first-order chi connectivity index (χ1) is 6.83. The van der Waals surface area contributed by atoms with Crippen molar-refractivity contribution in [3.8, 4) is 0 Å². The number of guanidine groups is 1. The highest BCUT2D eigenvalue weighted by Crippen LogP contribution is 2.16. The Bertz CT molecular complexity index is 193. The SMILES string of the molecule is C=CCCN=C(N)NC1CCCCC1. The molecule has 0 atom stereocenters. The molecular weight excluding hydrogens is 174 g/mol. The van der Waals surface area contributed by atoms with Gasteiger partial charge in [-0.05, 0) is 19.3 Å². The predicted molar refractivity (Wildman–Crippen MR) is 61.3 cm³/mol. The van der Waals surface area contributed by atoms with Crippen molar-refractivity contribution in [3.05, 3.63) is 12.7 Å². The van der Waals surface area contributed by atoms with Crippen molar-refractivity contribution < 1.29 is 0 Å². The zero-order chi connectivity index (χ0) is 10.2. The molecule has 1 aliphatic rings. The van der Waals surface area contributed by atoms with Crippen molar-refractivity contribution in [2.75, 3.05) is 6.54 Å². The predicted octanol–water partition coefficient (Wildman–Crippen LogP) is 1.80. The highest BCUT2D eigenvalue weighted by molar-refractivity contribution is 5.78. The largest absolute Gasteiger partial charge is 0.370 e. The number of hydrogen-bond donors (Lipinski definition) is 2. The molecule has 3 N–H and O–H groups in total. The van der Waals surface area contributed by atoms with E-state index >= 15 is 0 Å². The van der Waals surface area contributed by atoms with Gasteiger partial charge in [0, 0.05) is 12.6 Å². The van der Waals surface area contributed by atoms with Gasteiger partial charge < -0.3 is 11.1 Å². The van der Waals surface area contributed by atoms with Crippen LogP contribution in [0.2, 0.25) is 0 Å². The Labute approximate surface area is 86.5 Å². The summed E-state index contributed by atoms with van der Waals surface area (Å²) in [5.74, 6) is 0.596. The summed E-state index contributed by atoms with van der Waals surface area (Å²) >= 11 is 0. The maximum absolute atomic E-state index is 5.75. The molecule has 0 amide bonds. The molecule has 0 radical (unpaired) electrons. The van der Waals surface area contributed by atoms with Crippen LogP contribution in [0, 0.1) is 0 Å². The number of aliphatic imine (C=N–C) groups is 1. The molecule has 3 nitrogen and oxygen atoms in total. The fraction of sp³-hybridized carbons (Fsp3) is 0.727. The van der Waals surface area contributed by atoms with Gasteiger partial charge in [0.15, 0.2) is 5.96 Å². The quantitative estimate of drug-likeness (QED) is 0.311. The molecule has 0 bridgehead atoms. The van der Waals surface area contributed by atoms with Gasteiger partial charge in [-0.2, -0.15) is 0 Å². The summed E-state index contributed by atoms with van der Waals surface area (Å²) < 4.78 is 0. The lowest BCUT2D eigenvalue weighted by molar-refractivity contribution is 0.412. The first-order valence-electron chi connectivity index (χ1n) is 5.50. The van der Waals surface area contributed by atoms with E-state index in [2.05, 4.69) is 16.9 Å². The highest BCUT2D eigenvalue weighted by atomic mass is 15.1. The Kier molecular flexibility index (Phi) is 5.12. The van der Waals surface area contributed by atoms with Gasteiger partial charge in [0.1, 0.15) is 0 Å². The van der Waals surface area contributed by atoms with Crippen LogP contribution in [-0.2, 0) is 0 Å². The molecule has 0 saturated heterocycles. The monoisotopic (exact) mass is 195 g/mol. The second kappa shape index (κ2) is 6.46. The van der Waals surface area contributed by atoms with E-state index in [9.17, 15) is 0 Å². The highest BCUT2D eigenvalue weighted by Gasteiger charge is 2.12. The van der Waals surface area contributed by atoms with Crippen molar-refractivity contribution in [2.45, 2.75) is 44.6 Å². The van der Waals surface area contributed by atoms with Crippen LogP contribution in [0.1, 0.15) is 38.5 Å². The molecule has 3 heteroatoms. The van der Waals surface area contributed by atoms with Crippen molar-refractivity contribution in [2.24, 2.45) is 10.7 Å². The van der Waals surface area contributed by atoms with E-state index in [1.54, 1.807) is 0 Å². The van der Waals surface area contributed by atoms with Gasteiger partial charge in [-0.3, -0.25) is 4.99 Å². The van der Waals surface area contributed by atoms with E-state index in [0.29, 0.717) is 12.0 Å². The lowest BCUT2D eigenvalue weighted by Crippen LogP contribution is -2.41. The second-order valence-electron chi connectivity index (χ2n) is 3.82.